The van der Waals surface area contributed by atoms with Crippen molar-refractivity contribution < 1.29 is 23.0 Å². The van der Waals surface area contributed by atoms with Crippen LogP contribution in [-0.4, -0.2) is 28.3 Å². The van der Waals surface area contributed by atoms with Gasteiger partial charge in [-0.2, -0.15) is 0 Å². The van der Waals surface area contributed by atoms with Crippen molar-refractivity contribution in [3.8, 4) is 11.5 Å². The van der Waals surface area contributed by atoms with Crippen LogP contribution in [0.2, 0.25) is 0 Å². The third-order valence-electron chi connectivity index (χ3n) is 5.89. The lowest BCUT2D eigenvalue weighted by Gasteiger charge is -2.23. The van der Waals surface area contributed by atoms with Crippen LogP contribution < -0.4 is 26.0 Å². The molecule has 0 aliphatic carbocycles. The zero-order valence-electron chi connectivity index (χ0n) is 18.5. The standard InChI is InChI=1S/C24H18ClF2N3O5S/c1-3-14(12-4-5-16-17(8-12)35-24(26,27)34-16)20(11(2)25)18-10-15-21(36-18)22(32)30(23(33)29-15)13-6-7-28-19(31)9-13/h3-5,8,10,13H,1-2,6-7,9H2,(H,28,31)(H,29,33)/b20-14-. The molecule has 0 saturated carbocycles. The second kappa shape index (κ2) is 8.75. The smallest absolute Gasteiger partial charge is 0.395 e. The molecule has 1 amide bonds. The molecule has 36 heavy (non-hydrogen) atoms. The zero-order chi connectivity index (χ0) is 25.8. The summed E-state index contributed by atoms with van der Waals surface area (Å²) in [6, 6.07) is 5.28. The first-order chi connectivity index (χ1) is 17.1. The number of H-pyrrole nitrogens is 1. The molecule has 1 atom stereocenters. The average molecular weight is 534 g/mol. The van der Waals surface area contributed by atoms with Gasteiger partial charge in [-0.25, -0.2) is 4.79 Å². The number of amides is 1. The predicted molar refractivity (Wildman–Crippen MR) is 133 cm³/mol. The minimum atomic E-state index is -3.77. The van der Waals surface area contributed by atoms with Crippen molar-refractivity contribution in [1.82, 2.24) is 14.9 Å². The van der Waals surface area contributed by atoms with Gasteiger partial charge in [0.15, 0.2) is 11.5 Å². The summed E-state index contributed by atoms with van der Waals surface area (Å²) in [7, 11) is 0. The predicted octanol–water partition coefficient (Wildman–Crippen LogP) is 4.37. The van der Waals surface area contributed by atoms with E-state index in [4.69, 9.17) is 11.6 Å². The summed E-state index contributed by atoms with van der Waals surface area (Å²) in [4.78, 5) is 41.1. The van der Waals surface area contributed by atoms with E-state index in [1.54, 1.807) is 6.07 Å². The molecule has 1 saturated heterocycles. The molecule has 4 heterocycles. The largest absolute Gasteiger partial charge is 0.586 e. The van der Waals surface area contributed by atoms with E-state index < -0.39 is 23.6 Å². The van der Waals surface area contributed by atoms with Gasteiger partial charge in [0.1, 0.15) is 4.70 Å². The molecule has 186 valence electrons. The highest BCUT2D eigenvalue weighted by atomic mass is 35.5. The fraction of sp³-hybridized carbons (Fsp3) is 0.208. The van der Waals surface area contributed by atoms with Crippen LogP contribution in [0.5, 0.6) is 11.5 Å². The Morgan fingerprint density at radius 1 is 1.22 bits per heavy atom. The number of ether oxygens (including phenoxy) is 2. The molecule has 2 aliphatic heterocycles. The monoisotopic (exact) mass is 533 g/mol. The van der Waals surface area contributed by atoms with E-state index in [-0.39, 0.29) is 33.6 Å². The molecule has 2 N–H and O–H groups in total. The SMILES string of the molecule is C=C/C(=C(\C(=C)Cl)c1cc2[nH]c(=O)n(C3CCNC(=O)C3)c(=O)c2s1)c1ccc2c(c1)OC(F)(F)O2. The van der Waals surface area contributed by atoms with Crippen molar-refractivity contribution in [2.24, 2.45) is 0 Å². The summed E-state index contributed by atoms with van der Waals surface area (Å²) in [5, 5.41) is 2.78. The summed E-state index contributed by atoms with van der Waals surface area (Å²) in [5.74, 6) is -0.503. The molecule has 1 unspecified atom stereocenters. The fourth-order valence-electron chi connectivity index (χ4n) is 4.35. The van der Waals surface area contributed by atoms with E-state index in [0.29, 0.717) is 40.1 Å². The molecule has 2 aliphatic rings. The van der Waals surface area contributed by atoms with Gasteiger partial charge in [0.05, 0.1) is 11.6 Å². The minimum absolute atomic E-state index is 0.0279. The molecule has 3 aromatic rings. The third kappa shape index (κ3) is 4.14. The van der Waals surface area contributed by atoms with Gasteiger partial charge < -0.3 is 19.8 Å². The highest BCUT2D eigenvalue weighted by molar-refractivity contribution is 7.20. The first-order valence-electron chi connectivity index (χ1n) is 10.7. The molecule has 12 heteroatoms. The van der Waals surface area contributed by atoms with Gasteiger partial charge in [-0.05, 0) is 35.8 Å². The molecule has 2 aromatic heterocycles. The number of benzene rings is 1. The summed E-state index contributed by atoms with van der Waals surface area (Å²) < 4.78 is 37.3. The maximum absolute atomic E-state index is 13.5. The number of carbonyl (C=O) groups excluding carboxylic acids is 1. The molecule has 0 spiro atoms. The van der Waals surface area contributed by atoms with Crippen LogP contribution in [0.1, 0.15) is 29.3 Å². The van der Waals surface area contributed by atoms with Gasteiger partial charge in [0, 0.05) is 28.4 Å². The van der Waals surface area contributed by atoms with Crippen LogP contribution in [0, 0.1) is 0 Å². The van der Waals surface area contributed by atoms with Gasteiger partial charge in [-0.3, -0.25) is 14.2 Å². The Morgan fingerprint density at radius 3 is 2.67 bits per heavy atom. The highest BCUT2D eigenvalue weighted by Gasteiger charge is 2.43. The van der Waals surface area contributed by atoms with E-state index in [0.717, 1.165) is 15.9 Å². The number of halogens is 3. The lowest BCUT2D eigenvalue weighted by molar-refractivity contribution is -0.286. The molecule has 0 radical (unpaired) electrons. The van der Waals surface area contributed by atoms with Gasteiger partial charge in [-0.1, -0.05) is 36.9 Å². The number of rotatable bonds is 5. The van der Waals surface area contributed by atoms with Crippen LogP contribution in [0.3, 0.4) is 0 Å². The number of thiophene rings is 1. The second-order valence-corrected chi connectivity index (χ2v) is 9.69. The van der Waals surface area contributed by atoms with Gasteiger partial charge in [0.25, 0.3) is 5.56 Å². The quantitative estimate of drug-likeness (QED) is 0.474. The van der Waals surface area contributed by atoms with E-state index in [9.17, 15) is 23.2 Å². The Morgan fingerprint density at radius 2 is 1.97 bits per heavy atom. The van der Waals surface area contributed by atoms with Crippen molar-refractivity contribution in [3.05, 3.63) is 79.8 Å². The maximum atomic E-state index is 13.5. The first kappa shape index (κ1) is 24.0. The van der Waals surface area contributed by atoms with Crippen LogP contribution >= 0.6 is 22.9 Å². The van der Waals surface area contributed by atoms with Gasteiger partial charge in [0.2, 0.25) is 5.91 Å². The number of hydrogen-bond donors (Lipinski definition) is 2. The fourth-order valence-corrected chi connectivity index (χ4v) is 5.75. The van der Waals surface area contributed by atoms with E-state index >= 15 is 0 Å². The Bertz CT molecular complexity index is 1600. The molecule has 1 aromatic carbocycles. The Labute approximate surface area is 211 Å². The minimum Gasteiger partial charge on any atom is -0.395 e. The topological polar surface area (TPSA) is 102 Å². The van der Waals surface area contributed by atoms with Crippen LogP contribution in [0.25, 0.3) is 21.4 Å². The molecular formula is C24H18ClF2N3O5S. The van der Waals surface area contributed by atoms with E-state index in [2.05, 4.69) is 32.9 Å². The molecule has 0 bridgehead atoms. The van der Waals surface area contributed by atoms with E-state index in [1.807, 2.05) is 0 Å². The summed E-state index contributed by atoms with van der Waals surface area (Å²) >= 11 is 7.44. The number of alkyl halides is 2. The Balaban J connectivity index is 1.65. The second-order valence-electron chi connectivity index (χ2n) is 8.18. The Hall–Kier alpha value is -3.70. The molecule has 5 rings (SSSR count). The summed E-state index contributed by atoms with van der Waals surface area (Å²) in [6.07, 6.45) is -1.81. The number of hydrogen-bond acceptors (Lipinski definition) is 6. The third-order valence-corrected chi connectivity index (χ3v) is 7.22. The van der Waals surface area contributed by atoms with Crippen molar-refractivity contribution >= 4 is 50.2 Å². The normalized spacial score (nSPS) is 19.1. The number of piperidine rings is 1. The number of aromatic nitrogens is 2. The average Bonchev–Trinajstić information content (AvgIpc) is 3.35. The van der Waals surface area contributed by atoms with Crippen molar-refractivity contribution in [2.75, 3.05) is 6.54 Å². The number of nitrogens with one attached hydrogen (secondary N) is 2. The number of fused-ring (bicyclic) bond motifs is 2. The summed E-state index contributed by atoms with van der Waals surface area (Å²) in [6.45, 7) is 8.01. The van der Waals surface area contributed by atoms with E-state index in [1.165, 1.54) is 24.3 Å². The lowest BCUT2D eigenvalue weighted by atomic mass is 9.98. The van der Waals surface area contributed by atoms with Crippen molar-refractivity contribution in [1.29, 1.82) is 0 Å². The number of aromatic amines is 1. The van der Waals surface area contributed by atoms with Crippen LogP contribution in [0.4, 0.5) is 8.78 Å². The van der Waals surface area contributed by atoms with Gasteiger partial charge >= 0.3 is 12.0 Å². The number of nitrogens with zero attached hydrogens (tertiary/aromatic N) is 1. The van der Waals surface area contributed by atoms with Crippen molar-refractivity contribution in [3.63, 3.8) is 0 Å². The number of allylic oxidation sites excluding steroid dienone is 4. The Kier molecular flexibility index (Phi) is 5.84. The van der Waals surface area contributed by atoms with Crippen LogP contribution in [0.15, 0.2) is 58.1 Å². The van der Waals surface area contributed by atoms with Gasteiger partial charge in [-0.15, -0.1) is 20.1 Å². The number of carbonyl (C=O) groups is 1. The molecular weight excluding hydrogens is 516 g/mol. The molecule has 1 fully saturated rings. The highest BCUT2D eigenvalue weighted by Crippen LogP contribution is 2.44. The summed E-state index contributed by atoms with van der Waals surface area (Å²) in [5.41, 5.74) is 0.434. The van der Waals surface area contributed by atoms with Crippen LogP contribution in [-0.2, 0) is 4.79 Å². The maximum Gasteiger partial charge on any atom is 0.586 e. The first-order valence-corrected chi connectivity index (χ1v) is 11.9. The molecule has 8 nitrogen and oxygen atoms in total. The lowest BCUT2D eigenvalue weighted by Crippen LogP contribution is -2.43. The van der Waals surface area contributed by atoms with Crippen molar-refractivity contribution in [2.45, 2.75) is 25.2 Å². The zero-order valence-corrected chi connectivity index (χ0v) is 20.1.